The molecule has 0 saturated carbocycles. The Hall–Kier alpha value is -3.96. The van der Waals surface area contributed by atoms with Gasteiger partial charge >= 0.3 is 0 Å². The second kappa shape index (κ2) is 7.81. The van der Waals surface area contributed by atoms with E-state index in [-0.39, 0.29) is 22.9 Å². The molecule has 0 aliphatic heterocycles. The van der Waals surface area contributed by atoms with Crippen molar-refractivity contribution in [3.8, 4) is 11.8 Å². The molecule has 30 heavy (non-hydrogen) atoms. The number of nitriles is 1. The van der Waals surface area contributed by atoms with Crippen LogP contribution < -0.4 is 16.6 Å². The minimum absolute atomic E-state index is 0.0912. The summed E-state index contributed by atoms with van der Waals surface area (Å²) in [5, 5.41) is 13.1. The fourth-order valence-corrected chi connectivity index (χ4v) is 3.43. The van der Waals surface area contributed by atoms with E-state index in [1.165, 1.54) is 10.8 Å². The minimum Gasteiger partial charge on any atom is -0.382 e. The Labute approximate surface area is 176 Å². The van der Waals surface area contributed by atoms with Crippen molar-refractivity contribution < 1.29 is 0 Å². The van der Waals surface area contributed by atoms with E-state index in [4.69, 9.17) is 22.3 Å². The average molecular weight is 418 g/mol. The van der Waals surface area contributed by atoms with Crippen molar-refractivity contribution >= 4 is 34.1 Å². The molecule has 0 bridgehead atoms. The average Bonchev–Trinajstić information content (AvgIpc) is 2.74. The van der Waals surface area contributed by atoms with Gasteiger partial charge in [-0.25, -0.2) is 15.0 Å². The summed E-state index contributed by atoms with van der Waals surface area (Å²) in [6, 6.07) is 15.7. The Morgan fingerprint density at radius 2 is 1.93 bits per heavy atom. The van der Waals surface area contributed by atoms with Crippen molar-refractivity contribution in [3.63, 3.8) is 0 Å². The fraction of sp³-hybridized carbons (Fsp3) is 0.0952. The molecule has 1 unspecified atom stereocenters. The number of aromatic nitrogens is 4. The summed E-state index contributed by atoms with van der Waals surface area (Å²) in [4.78, 5) is 26.3. The maximum atomic E-state index is 13.4. The lowest BCUT2D eigenvalue weighted by atomic mass is 10.2. The van der Waals surface area contributed by atoms with Crippen LogP contribution in [0, 0.1) is 11.3 Å². The van der Waals surface area contributed by atoms with Gasteiger partial charge < -0.3 is 11.1 Å². The van der Waals surface area contributed by atoms with E-state index in [0.717, 1.165) is 0 Å². The van der Waals surface area contributed by atoms with Crippen molar-refractivity contribution in [2.45, 2.75) is 13.0 Å². The first-order valence-electron chi connectivity index (χ1n) is 9.05. The molecule has 2 aromatic carbocycles. The third kappa shape index (κ3) is 3.43. The highest BCUT2D eigenvalue weighted by molar-refractivity contribution is 6.35. The van der Waals surface area contributed by atoms with Crippen molar-refractivity contribution in [3.05, 3.63) is 81.6 Å². The van der Waals surface area contributed by atoms with E-state index in [9.17, 15) is 10.1 Å². The fourth-order valence-electron chi connectivity index (χ4n) is 3.18. The third-order valence-electron chi connectivity index (χ3n) is 4.52. The molecule has 0 aliphatic carbocycles. The van der Waals surface area contributed by atoms with Gasteiger partial charge in [0.25, 0.3) is 5.56 Å². The number of halogens is 1. The number of hydrogen-bond donors (Lipinski definition) is 2. The van der Waals surface area contributed by atoms with Crippen LogP contribution in [0.4, 0.5) is 11.6 Å². The third-order valence-corrected chi connectivity index (χ3v) is 4.84. The molecular weight excluding hydrogens is 402 g/mol. The zero-order valence-corrected chi connectivity index (χ0v) is 16.6. The summed E-state index contributed by atoms with van der Waals surface area (Å²) in [5.41, 5.74) is 6.64. The molecule has 4 rings (SSSR count). The molecule has 0 saturated heterocycles. The van der Waals surface area contributed by atoms with Crippen LogP contribution in [-0.2, 0) is 0 Å². The van der Waals surface area contributed by atoms with Crippen LogP contribution in [0.25, 0.3) is 16.6 Å². The minimum atomic E-state index is -0.510. The maximum absolute atomic E-state index is 13.4. The van der Waals surface area contributed by atoms with Gasteiger partial charge in [-0.2, -0.15) is 5.26 Å². The summed E-state index contributed by atoms with van der Waals surface area (Å²) >= 11 is 6.30. The lowest BCUT2D eigenvalue weighted by Gasteiger charge is -2.20. The Morgan fingerprint density at radius 1 is 1.17 bits per heavy atom. The number of nitrogens with zero attached hydrogens (tertiary/aromatic N) is 5. The zero-order valence-electron chi connectivity index (χ0n) is 15.9. The topological polar surface area (TPSA) is 123 Å². The maximum Gasteiger partial charge on any atom is 0.267 e. The zero-order chi connectivity index (χ0) is 21.3. The van der Waals surface area contributed by atoms with Crippen molar-refractivity contribution in [1.29, 1.82) is 5.26 Å². The number of nitrogen functional groups attached to an aromatic ring is 1. The van der Waals surface area contributed by atoms with Crippen LogP contribution in [0.2, 0.25) is 5.02 Å². The number of hydrogen-bond acceptors (Lipinski definition) is 7. The quantitative estimate of drug-likeness (QED) is 0.521. The van der Waals surface area contributed by atoms with Gasteiger partial charge in [-0.1, -0.05) is 35.9 Å². The summed E-state index contributed by atoms with van der Waals surface area (Å²) in [6.45, 7) is 1.81. The molecule has 9 heteroatoms. The van der Waals surface area contributed by atoms with Gasteiger partial charge in [0.05, 0.1) is 33.9 Å². The number of nitrogens with two attached hydrogens (primary N) is 1. The number of fused-ring (bicyclic) bond motifs is 1. The summed E-state index contributed by atoms with van der Waals surface area (Å²) < 4.78 is 1.50. The van der Waals surface area contributed by atoms with Crippen LogP contribution in [0.3, 0.4) is 0 Å². The highest BCUT2D eigenvalue weighted by Gasteiger charge is 2.20. The molecule has 148 valence electrons. The van der Waals surface area contributed by atoms with Gasteiger partial charge in [0.2, 0.25) is 0 Å². The van der Waals surface area contributed by atoms with E-state index >= 15 is 0 Å². The molecule has 0 spiro atoms. The number of nitrogens with one attached hydrogen (secondary N) is 1. The normalized spacial score (nSPS) is 11.8. The van der Waals surface area contributed by atoms with Crippen LogP contribution in [-0.4, -0.2) is 19.5 Å². The molecule has 0 aliphatic rings. The van der Waals surface area contributed by atoms with Crippen molar-refractivity contribution in [1.82, 2.24) is 19.5 Å². The molecule has 8 nitrogen and oxygen atoms in total. The first-order valence-corrected chi connectivity index (χ1v) is 9.43. The molecule has 1 atom stereocenters. The van der Waals surface area contributed by atoms with Gasteiger partial charge in [-0.3, -0.25) is 9.36 Å². The van der Waals surface area contributed by atoms with Gasteiger partial charge in [0.1, 0.15) is 17.7 Å². The Morgan fingerprint density at radius 3 is 2.67 bits per heavy atom. The molecule has 0 fully saturated rings. The highest BCUT2D eigenvalue weighted by Crippen LogP contribution is 2.25. The lowest BCUT2D eigenvalue weighted by Crippen LogP contribution is -2.27. The lowest BCUT2D eigenvalue weighted by molar-refractivity contribution is 0.730. The van der Waals surface area contributed by atoms with Gasteiger partial charge in [0.15, 0.2) is 11.5 Å². The molecule has 0 radical (unpaired) electrons. The predicted octanol–water partition coefficient (Wildman–Crippen LogP) is 3.46. The summed E-state index contributed by atoms with van der Waals surface area (Å²) in [5.74, 6) is 0.807. The molecule has 2 heterocycles. The van der Waals surface area contributed by atoms with Crippen LogP contribution in [0.5, 0.6) is 0 Å². The SMILES string of the molecule is CC(Nc1nc(N)cnc1C#N)c1nc2cccc(Cl)c2c(=O)n1-c1ccccc1. The van der Waals surface area contributed by atoms with Gasteiger partial charge in [0, 0.05) is 0 Å². The van der Waals surface area contributed by atoms with Crippen LogP contribution in [0.1, 0.15) is 24.5 Å². The van der Waals surface area contributed by atoms with E-state index in [1.54, 1.807) is 18.2 Å². The number of benzene rings is 2. The second-order valence-electron chi connectivity index (χ2n) is 6.55. The van der Waals surface area contributed by atoms with E-state index in [2.05, 4.69) is 15.3 Å². The van der Waals surface area contributed by atoms with Crippen LogP contribution in [0.15, 0.2) is 59.5 Å². The molecule has 0 amide bonds. The number of rotatable bonds is 4. The predicted molar refractivity (Wildman–Crippen MR) is 116 cm³/mol. The summed E-state index contributed by atoms with van der Waals surface area (Å²) in [6.07, 6.45) is 1.31. The number of para-hydroxylation sites is 1. The Bertz CT molecular complexity index is 1350. The highest BCUT2D eigenvalue weighted by atomic mass is 35.5. The number of anilines is 2. The van der Waals surface area contributed by atoms with Crippen molar-refractivity contribution in [2.24, 2.45) is 0 Å². The molecule has 2 aromatic heterocycles. The van der Waals surface area contributed by atoms with Crippen molar-refractivity contribution in [2.75, 3.05) is 11.1 Å². The van der Waals surface area contributed by atoms with E-state index in [0.29, 0.717) is 27.4 Å². The van der Waals surface area contributed by atoms with E-state index < -0.39 is 6.04 Å². The molecule has 4 aromatic rings. The summed E-state index contributed by atoms with van der Waals surface area (Å²) in [7, 11) is 0. The van der Waals surface area contributed by atoms with Crippen LogP contribution >= 0.6 is 11.6 Å². The van der Waals surface area contributed by atoms with Gasteiger partial charge in [-0.15, -0.1) is 0 Å². The first-order chi connectivity index (χ1) is 14.5. The van der Waals surface area contributed by atoms with Gasteiger partial charge in [-0.05, 0) is 31.2 Å². The smallest absolute Gasteiger partial charge is 0.267 e. The monoisotopic (exact) mass is 417 g/mol. The molecule has 3 N–H and O–H groups in total. The Balaban J connectivity index is 1.93. The largest absolute Gasteiger partial charge is 0.382 e. The van der Waals surface area contributed by atoms with E-state index in [1.807, 2.05) is 43.3 Å². The molecular formula is C21H16ClN7O. The Kier molecular flexibility index (Phi) is 5.04. The standard InChI is InChI=1S/C21H16ClN7O/c1-12(26-19-16(10-23)25-11-17(24)28-19)20-27-15-9-5-8-14(22)18(15)21(30)29(20)13-6-3-2-4-7-13/h2-9,11-12H,1H3,(H3,24,26,28). The first kappa shape index (κ1) is 19.4. The second-order valence-corrected chi connectivity index (χ2v) is 6.96.